The number of esters is 1. The molecule has 4 heteroatoms. The van der Waals surface area contributed by atoms with Crippen LogP contribution in [0.15, 0.2) is 24.3 Å². The van der Waals surface area contributed by atoms with Crippen LogP contribution < -0.4 is 0 Å². The van der Waals surface area contributed by atoms with Crippen LogP contribution in [-0.4, -0.2) is 29.9 Å². The van der Waals surface area contributed by atoms with Gasteiger partial charge < -0.3 is 9.64 Å². The molecule has 1 aliphatic rings. The van der Waals surface area contributed by atoms with Crippen molar-refractivity contribution in [2.24, 2.45) is 17.8 Å². The molecule has 0 spiro atoms. The lowest BCUT2D eigenvalue weighted by Gasteiger charge is -2.36. The number of amides is 1. The quantitative estimate of drug-likeness (QED) is 0.748. The van der Waals surface area contributed by atoms with Crippen molar-refractivity contribution < 1.29 is 14.3 Å². The van der Waals surface area contributed by atoms with Crippen LogP contribution in [-0.2, 0) is 16.1 Å². The van der Waals surface area contributed by atoms with Crippen LogP contribution in [0.3, 0.4) is 0 Å². The Hall–Kier alpha value is -1.84. The predicted octanol–water partition coefficient (Wildman–Crippen LogP) is 4.28. The first-order chi connectivity index (χ1) is 11.8. The Morgan fingerprint density at radius 1 is 1.20 bits per heavy atom. The fraction of sp³-hybridized carbons (Fsp3) is 0.619. The Labute approximate surface area is 151 Å². The van der Waals surface area contributed by atoms with E-state index in [4.69, 9.17) is 4.74 Å². The van der Waals surface area contributed by atoms with E-state index in [1.54, 1.807) is 31.0 Å². The summed E-state index contributed by atoms with van der Waals surface area (Å²) in [4.78, 5) is 25.5. The smallest absolute Gasteiger partial charge is 0.338 e. The molecular weight excluding hydrogens is 314 g/mol. The first-order valence-electron chi connectivity index (χ1n) is 9.29. The van der Waals surface area contributed by atoms with Crippen LogP contribution in [0.1, 0.15) is 62.9 Å². The van der Waals surface area contributed by atoms with Gasteiger partial charge in [-0.15, -0.1) is 0 Å². The van der Waals surface area contributed by atoms with Crippen LogP contribution in [0.25, 0.3) is 0 Å². The van der Waals surface area contributed by atoms with Crippen LogP contribution in [0.4, 0.5) is 0 Å². The molecule has 0 N–H and O–H groups in total. The highest BCUT2D eigenvalue weighted by molar-refractivity contribution is 5.89. The fourth-order valence-corrected chi connectivity index (χ4v) is 3.59. The Balaban J connectivity index is 2.01. The summed E-state index contributed by atoms with van der Waals surface area (Å²) < 4.78 is 5.88. The van der Waals surface area contributed by atoms with Crippen molar-refractivity contribution in [2.45, 2.75) is 59.6 Å². The summed E-state index contributed by atoms with van der Waals surface area (Å²) in [5, 5.41) is 0. The predicted molar refractivity (Wildman–Crippen MR) is 99.1 cm³/mol. The van der Waals surface area contributed by atoms with Gasteiger partial charge in [-0.2, -0.15) is 0 Å². The van der Waals surface area contributed by atoms with Crippen molar-refractivity contribution in [1.82, 2.24) is 4.90 Å². The summed E-state index contributed by atoms with van der Waals surface area (Å²) in [6.07, 6.45) is 3.32. The minimum Gasteiger partial charge on any atom is -0.458 e. The largest absolute Gasteiger partial charge is 0.458 e. The Bertz CT molecular complexity index is 594. The van der Waals surface area contributed by atoms with Crippen molar-refractivity contribution in [3.63, 3.8) is 0 Å². The molecule has 3 atom stereocenters. The maximum Gasteiger partial charge on any atom is 0.338 e. The molecule has 1 aliphatic carbocycles. The maximum atomic E-state index is 12.5. The van der Waals surface area contributed by atoms with Crippen molar-refractivity contribution in [2.75, 3.05) is 7.05 Å². The molecule has 1 amide bonds. The van der Waals surface area contributed by atoms with Gasteiger partial charge in [-0.05, 0) is 48.3 Å². The van der Waals surface area contributed by atoms with Crippen LogP contribution >= 0.6 is 0 Å². The van der Waals surface area contributed by atoms with Gasteiger partial charge in [0, 0.05) is 20.5 Å². The molecule has 0 heterocycles. The van der Waals surface area contributed by atoms with Crippen molar-refractivity contribution >= 4 is 11.9 Å². The number of ether oxygens (including phenoxy) is 1. The van der Waals surface area contributed by atoms with Gasteiger partial charge in [0.2, 0.25) is 5.91 Å². The van der Waals surface area contributed by atoms with Crippen molar-refractivity contribution in [1.29, 1.82) is 0 Å². The molecule has 0 radical (unpaired) electrons. The maximum absolute atomic E-state index is 12.5. The number of carbonyl (C=O) groups excluding carboxylic acids is 2. The van der Waals surface area contributed by atoms with Gasteiger partial charge in [-0.25, -0.2) is 4.79 Å². The topological polar surface area (TPSA) is 46.6 Å². The molecule has 138 valence electrons. The SMILES string of the molecule is CC(=O)N(C)Cc1ccc(C(=O)O[C@@H]2C[C@H](C)CC[C@H]2C(C)C)cc1. The van der Waals surface area contributed by atoms with Gasteiger partial charge in [0.25, 0.3) is 0 Å². The number of rotatable bonds is 5. The molecule has 0 aliphatic heterocycles. The first-order valence-corrected chi connectivity index (χ1v) is 9.29. The van der Waals surface area contributed by atoms with Gasteiger partial charge in [0.1, 0.15) is 6.10 Å². The highest BCUT2D eigenvalue weighted by Gasteiger charge is 2.33. The number of carbonyl (C=O) groups is 2. The molecule has 1 aromatic carbocycles. The normalized spacial score (nSPS) is 23.4. The van der Waals surface area contributed by atoms with E-state index in [1.165, 1.54) is 6.42 Å². The molecule has 1 saturated carbocycles. The lowest BCUT2D eigenvalue weighted by atomic mass is 9.75. The monoisotopic (exact) mass is 345 g/mol. The minimum absolute atomic E-state index is 0.0137. The van der Waals surface area contributed by atoms with Crippen molar-refractivity contribution in [3.05, 3.63) is 35.4 Å². The number of nitrogens with zero attached hydrogens (tertiary/aromatic N) is 1. The highest BCUT2D eigenvalue weighted by Crippen LogP contribution is 2.35. The molecule has 0 saturated heterocycles. The van der Waals surface area contributed by atoms with E-state index in [0.717, 1.165) is 18.4 Å². The molecule has 0 bridgehead atoms. The van der Waals surface area contributed by atoms with E-state index >= 15 is 0 Å². The molecular formula is C21H31NO3. The molecule has 2 rings (SSSR count). The molecule has 1 aromatic rings. The lowest BCUT2D eigenvalue weighted by Crippen LogP contribution is -2.35. The zero-order valence-corrected chi connectivity index (χ0v) is 16.1. The summed E-state index contributed by atoms with van der Waals surface area (Å²) in [5.74, 6) is 1.36. The van der Waals surface area contributed by atoms with Crippen molar-refractivity contribution in [3.8, 4) is 0 Å². The molecule has 25 heavy (non-hydrogen) atoms. The van der Waals surface area contributed by atoms with Gasteiger partial charge in [0.15, 0.2) is 0 Å². The van der Waals surface area contributed by atoms with E-state index in [2.05, 4.69) is 20.8 Å². The van der Waals surface area contributed by atoms with Crippen LogP contribution in [0, 0.1) is 17.8 Å². The van der Waals surface area contributed by atoms with E-state index in [-0.39, 0.29) is 18.0 Å². The van der Waals surface area contributed by atoms with E-state index in [1.807, 2.05) is 12.1 Å². The zero-order valence-electron chi connectivity index (χ0n) is 16.1. The first kappa shape index (κ1) is 19.5. The van der Waals surface area contributed by atoms with Crippen LogP contribution in [0.5, 0.6) is 0 Å². The molecule has 0 aromatic heterocycles. The summed E-state index contributed by atoms with van der Waals surface area (Å²) in [6.45, 7) is 8.74. The van der Waals surface area contributed by atoms with Crippen LogP contribution in [0.2, 0.25) is 0 Å². The Kier molecular flexibility index (Phi) is 6.63. The zero-order chi connectivity index (χ0) is 18.6. The van der Waals surface area contributed by atoms with Gasteiger partial charge in [-0.3, -0.25) is 4.79 Å². The second kappa shape index (κ2) is 8.50. The third-order valence-electron chi connectivity index (χ3n) is 5.37. The second-order valence-corrected chi connectivity index (χ2v) is 7.84. The Morgan fingerprint density at radius 3 is 2.40 bits per heavy atom. The summed E-state index contributed by atoms with van der Waals surface area (Å²) in [7, 11) is 1.76. The average Bonchev–Trinajstić information content (AvgIpc) is 2.55. The Morgan fingerprint density at radius 2 is 1.84 bits per heavy atom. The van der Waals surface area contributed by atoms with Gasteiger partial charge >= 0.3 is 5.97 Å². The van der Waals surface area contributed by atoms with Gasteiger partial charge in [0.05, 0.1) is 5.56 Å². The minimum atomic E-state index is -0.240. The number of benzene rings is 1. The number of hydrogen-bond donors (Lipinski definition) is 0. The summed E-state index contributed by atoms with van der Waals surface area (Å²) >= 11 is 0. The third-order valence-corrected chi connectivity index (χ3v) is 5.37. The average molecular weight is 345 g/mol. The number of hydrogen-bond acceptors (Lipinski definition) is 3. The van der Waals surface area contributed by atoms with E-state index in [0.29, 0.717) is 29.9 Å². The van der Waals surface area contributed by atoms with E-state index in [9.17, 15) is 9.59 Å². The summed E-state index contributed by atoms with van der Waals surface area (Å²) in [6, 6.07) is 7.36. The second-order valence-electron chi connectivity index (χ2n) is 7.84. The lowest BCUT2D eigenvalue weighted by molar-refractivity contribution is -0.128. The third kappa shape index (κ3) is 5.32. The molecule has 1 fully saturated rings. The summed E-state index contributed by atoms with van der Waals surface area (Å²) in [5.41, 5.74) is 1.58. The molecule has 0 unspecified atom stereocenters. The van der Waals surface area contributed by atoms with E-state index < -0.39 is 0 Å². The fourth-order valence-electron chi connectivity index (χ4n) is 3.59. The highest BCUT2D eigenvalue weighted by atomic mass is 16.5. The standard InChI is InChI=1S/C21H31NO3/c1-14(2)19-11-6-15(3)12-20(19)25-21(24)18-9-7-17(8-10-18)13-22(5)16(4)23/h7-10,14-15,19-20H,6,11-13H2,1-5H3/t15-,19+,20-/m1/s1. The molecule has 4 nitrogen and oxygen atoms in total. The van der Waals surface area contributed by atoms with Gasteiger partial charge in [-0.1, -0.05) is 39.3 Å².